The topological polar surface area (TPSA) is 103 Å². The lowest BCUT2D eigenvalue weighted by atomic mass is 9.99. The molecule has 25 rings (SSSR count). The van der Waals surface area contributed by atoms with E-state index < -0.39 is 0 Å². The van der Waals surface area contributed by atoms with Gasteiger partial charge in [0.05, 0.1) is 70.0 Å². The first-order chi connectivity index (χ1) is 62.5. The lowest BCUT2D eigenvalue weighted by molar-refractivity contribution is 1.07. The lowest BCUT2D eigenvalue weighted by Crippen LogP contribution is -2.00. The highest BCUT2D eigenvalue weighted by Gasteiger charge is 2.24. The number of hydrogen-bond donors (Lipinski definition) is 0. The SMILES string of the molecule is c1ccc(-c2cc(-c3cccc(-c4c5ccccc5n5c4sc4ccccc45)c3)nc(-c3ccccc3)n2)cc1.c1ccc(-c2cccc(-c3cc(-c4ccc(-c5c6ccccc6n6c5sc5ccccc56)cc4)nc(-c4ccccc4)n3)c2)cc1.c1ccc(-c2nc(-c3ccccc3)nc(-c3ccc(-c4c5ccccc5n5c4sc4ccccc45)cc3)n2)cc1. The van der Waals surface area contributed by atoms with Gasteiger partial charge >= 0.3 is 0 Å². The van der Waals surface area contributed by atoms with E-state index in [-0.39, 0.29) is 0 Å². The quantitative estimate of drug-likeness (QED) is 0.113. The van der Waals surface area contributed by atoms with Crippen molar-refractivity contribution in [3.63, 3.8) is 0 Å². The lowest BCUT2D eigenvalue weighted by Gasteiger charge is -2.11. The molecule has 0 radical (unpaired) electrons. The fraction of sp³-hybridized carbons (Fsp3) is 0. The Hall–Kier alpha value is -16.0. The van der Waals surface area contributed by atoms with Gasteiger partial charge in [-0.15, -0.1) is 34.0 Å². The van der Waals surface area contributed by atoms with Gasteiger partial charge in [-0.25, -0.2) is 34.9 Å². The fourth-order valence-electron chi connectivity index (χ4n) is 17.4. The summed E-state index contributed by atoms with van der Waals surface area (Å²) in [5, 5.41) is 3.78. The van der Waals surface area contributed by atoms with Crippen molar-refractivity contribution < 1.29 is 0 Å². The molecule has 0 N–H and O–H groups in total. The van der Waals surface area contributed by atoms with Gasteiger partial charge in [0.1, 0.15) is 14.5 Å². The summed E-state index contributed by atoms with van der Waals surface area (Å²) in [6.45, 7) is 0. The van der Waals surface area contributed by atoms with Gasteiger partial charge in [-0.2, -0.15) is 0 Å². The summed E-state index contributed by atoms with van der Waals surface area (Å²) >= 11 is 5.54. The highest BCUT2D eigenvalue weighted by molar-refractivity contribution is 7.25. The predicted octanol–water partition coefficient (Wildman–Crippen LogP) is 30.4. The number of benzene rings is 16. The van der Waals surface area contributed by atoms with Gasteiger partial charge in [0.15, 0.2) is 29.1 Å². The van der Waals surface area contributed by atoms with Crippen molar-refractivity contribution in [2.45, 2.75) is 0 Å². The van der Waals surface area contributed by atoms with Crippen LogP contribution in [0.4, 0.5) is 0 Å². The molecule has 0 fully saturated rings. The maximum Gasteiger partial charge on any atom is 0.164 e. The van der Waals surface area contributed by atoms with Gasteiger partial charge in [0.2, 0.25) is 0 Å². The molecule has 0 saturated carbocycles. The third kappa shape index (κ3) is 13.9. The molecule has 0 amide bonds. The standard InChI is InChI=1S/C42H27N3S.C36H23N3S.C35H22N4S/c1-3-12-28(13-4-1)32-16-11-17-33(26-32)36-27-35(43-41(44-36)31-14-5-2-6-15-31)29-22-24-30(25-23-29)40-34-18-7-8-19-37(34)45-38-20-9-10-21-39(38)46-42(40)45;1-3-12-24(13-4-1)29-23-30(38-35(37-29)25-14-5-2-6-15-25)26-16-11-17-27(22-26)34-28-18-7-8-19-31(28)39-32-20-9-10-21-33(32)40-36(34)39;1-3-11-24(12-4-1)32-36-33(25-13-5-2-6-14-25)38-34(37-32)26-21-19-23(20-22-26)31-27-15-7-8-16-28(27)39-29-17-9-10-18-30(29)40-35(31)39/h1-27H;1-23H;1-22H. The van der Waals surface area contributed by atoms with E-state index in [4.69, 9.17) is 34.9 Å². The van der Waals surface area contributed by atoms with E-state index in [2.05, 4.69) is 329 Å². The molecule has 0 saturated heterocycles. The minimum absolute atomic E-state index is 0.660. The summed E-state index contributed by atoms with van der Waals surface area (Å²) in [5.41, 5.74) is 29.9. The van der Waals surface area contributed by atoms with Crippen molar-refractivity contribution in [2.75, 3.05) is 0 Å². The normalized spacial score (nSPS) is 11.5. The first-order valence-electron chi connectivity index (χ1n) is 42.0. The van der Waals surface area contributed by atoms with E-state index in [1.54, 1.807) is 0 Å². The number of nitrogens with zero attached hydrogens (tertiary/aromatic N) is 10. The van der Waals surface area contributed by atoms with Crippen LogP contribution in [0.5, 0.6) is 0 Å². The van der Waals surface area contributed by atoms with Crippen LogP contribution in [0, 0.1) is 0 Å². The molecule has 9 heterocycles. The van der Waals surface area contributed by atoms with E-state index >= 15 is 0 Å². The molecule has 0 unspecified atom stereocenters. The summed E-state index contributed by atoms with van der Waals surface area (Å²) in [4.78, 5) is 38.6. The van der Waals surface area contributed by atoms with Crippen molar-refractivity contribution in [1.82, 2.24) is 48.1 Å². The zero-order valence-corrected chi connectivity index (χ0v) is 70.2. The summed E-state index contributed by atoms with van der Waals surface area (Å²) in [5.74, 6) is 3.43. The highest BCUT2D eigenvalue weighted by atomic mass is 32.1. The Morgan fingerprint density at radius 3 is 0.746 bits per heavy atom. The van der Waals surface area contributed by atoms with Crippen LogP contribution in [0.1, 0.15) is 0 Å². The van der Waals surface area contributed by atoms with Crippen molar-refractivity contribution in [2.24, 2.45) is 0 Å². The van der Waals surface area contributed by atoms with Gasteiger partial charge in [-0.05, 0) is 107 Å². The molecular formula is C113H72N10S3. The Bertz CT molecular complexity index is 8260. The van der Waals surface area contributed by atoms with Gasteiger partial charge in [0, 0.05) is 82.9 Å². The smallest absolute Gasteiger partial charge is 0.164 e. The summed E-state index contributed by atoms with van der Waals surface area (Å²) in [7, 11) is 0. The monoisotopic (exact) mass is 1660 g/mol. The second kappa shape index (κ2) is 32.4. The molecular weight excluding hydrogens is 1590 g/mol. The first-order valence-corrected chi connectivity index (χ1v) is 44.4. The molecule has 0 aliphatic carbocycles. The second-order valence-corrected chi connectivity index (χ2v) is 34.1. The fourth-order valence-corrected chi connectivity index (χ4v) is 21.1. The van der Waals surface area contributed by atoms with E-state index in [1.165, 1.54) is 117 Å². The van der Waals surface area contributed by atoms with Crippen LogP contribution in [0.2, 0.25) is 0 Å². The Kier molecular flexibility index (Phi) is 19.3. The highest BCUT2D eigenvalue weighted by Crippen LogP contribution is 2.47. The summed E-state index contributed by atoms with van der Waals surface area (Å²) < 4.78 is 11.1. The molecule has 10 nitrogen and oxygen atoms in total. The summed E-state index contributed by atoms with van der Waals surface area (Å²) in [6, 6.07) is 153. The van der Waals surface area contributed by atoms with Crippen LogP contribution in [-0.2, 0) is 0 Å². The van der Waals surface area contributed by atoms with Gasteiger partial charge in [0.25, 0.3) is 0 Å². The maximum absolute atomic E-state index is 5.09. The van der Waals surface area contributed by atoms with Crippen molar-refractivity contribution in [3.05, 3.63) is 437 Å². The van der Waals surface area contributed by atoms with Crippen LogP contribution in [0.15, 0.2) is 437 Å². The molecule has 0 bridgehead atoms. The largest absolute Gasteiger partial charge is 0.299 e. The van der Waals surface area contributed by atoms with E-state index in [0.717, 1.165) is 84.2 Å². The second-order valence-electron chi connectivity index (χ2n) is 31.1. The average molecular weight is 1670 g/mol. The van der Waals surface area contributed by atoms with Gasteiger partial charge < -0.3 is 0 Å². The third-order valence-corrected chi connectivity index (χ3v) is 26.8. The number of rotatable bonds is 13. The molecule has 16 aromatic carbocycles. The molecule has 0 aliphatic rings. The third-order valence-electron chi connectivity index (χ3n) is 23.3. The Morgan fingerprint density at radius 1 is 0.151 bits per heavy atom. The number of thiazole rings is 3. The maximum atomic E-state index is 5.09. The van der Waals surface area contributed by atoms with Crippen LogP contribution in [0.25, 0.3) is 224 Å². The number of para-hydroxylation sites is 6. The molecule has 126 heavy (non-hydrogen) atoms. The zero-order valence-electron chi connectivity index (χ0n) is 67.8. The van der Waals surface area contributed by atoms with Crippen LogP contribution < -0.4 is 0 Å². The zero-order chi connectivity index (χ0) is 83.4. The number of fused-ring (bicyclic) bond motifs is 15. The Balaban J connectivity index is 0.000000109. The molecule has 592 valence electrons. The van der Waals surface area contributed by atoms with Gasteiger partial charge in [-0.1, -0.05) is 358 Å². The molecule has 0 aliphatic heterocycles. The number of hydrogen-bond acceptors (Lipinski definition) is 10. The van der Waals surface area contributed by atoms with Crippen molar-refractivity contribution in [3.8, 4) is 146 Å². The van der Waals surface area contributed by atoms with E-state index in [9.17, 15) is 0 Å². The van der Waals surface area contributed by atoms with E-state index in [1.807, 2.05) is 155 Å². The van der Waals surface area contributed by atoms with Crippen LogP contribution in [-0.4, -0.2) is 48.1 Å². The van der Waals surface area contributed by atoms with Crippen LogP contribution >= 0.6 is 34.0 Å². The number of aromatic nitrogens is 10. The average Bonchev–Trinajstić information content (AvgIpc) is 1.57. The van der Waals surface area contributed by atoms with Crippen molar-refractivity contribution in [1.29, 1.82) is 0 Å². The minimum atomic E-state index is 0.660. The predicted molar refractivity (Wildman–Crippen MR) is 526 cm³/mol. The first kappa shape index (κ1) is 75.0. The molecule has 25 aromatic rings. The Morgan fingerprint density at radius 2 is 0.381 bits per heavy atom. The van der Waals surface area contributed by atoms with E-state index in [0.29, 0.717) is 23.3 Å². The molecule has 0 spiro atoms. The Labute approximate surface area is 737 Å². The van der Waals surface area contributed by atoms with Crippen LogP contribution in [0.3, 0.4) is 0 Å². The van der Waals surface area contributed by atoms with Crippen molar-refractivity contribution >= 4 is 112 Å². The molecule has 13 heteroatoms. The molecule has 9 aromatic heterocycles. The molecule has 0 atom stereocenters. The van der Waals surface area contributed by atoms with Gasteiger partial charge in [-0.3, -0.25) is 13.2 Å². The minimum Gasteiger partial charge on any atom is -0.299 e. The summed E-state index contributed by atoms with van der Waals surface area (Å²) in [6.07, 6.45) is 0.